The SMILES string of the molecule is COc1cc(C)ccc1C(C)NCCS(=O)(=O)N(C)C. The summed E-state index contributed by atoms with van der Waals surface area (Å²) < 4.78 is 30.0. The molecule has 1 atom stereocenters. The van der Waals surface area contributed by atoms with Crippen molar-refractivity contribution >= 4 is 10.0 Å². The van der Waals surface area contributed by atoms with Crippen LogP contribution in [0.1, 0.15) is 24.1 Å². The number of nitrogens with zero attached hydrogens (tertiary/aromatic N) is 1. The molecule has 0 radical (unpaired) electrons. The Labute approximate surface area is 122 Å². The molecule has 0 bridgehead atoms. The number of aryl methyl sites for hydroxylation is 1. The van der Waals surface area contributed by atoms with Gasteiger partial charge in [-0.1, -0.05) is 12.1 Å². The second-order valence-electron chi connectivity index (χ2n) is 5.02. The summed E-state index contributed by atoms with van der Waals surface area (Å²) in [5.74, 6) is 0.902. The minimum Gasteiger partial charge on any atom is -0.496 e. The fraction of sp³-hybridized carbons (Fsp3) is 0.571. The molecule has 1 unspecified atom stereocenters. The first-order valence-electron chi connectivity index (χ1n) is 6.56. The summed E-state index contributed by atoms with van der Waals surface area (Å²) in [4.78, 5) is 0. The highest BCUT2D eigenvalue weighted by molar-refractivity contribution is 7.89. The molecule has 0 saturated heterocycles. The second kappa shape index (κ2) is 7.06. The average Bonchev–Trinajstić information content (AvgIpc) is 2.37. The number of ether oxygens (including phenoxy) is 1. The van der Waals surface area contributed by atoms with Crippen molar-refractivity contribution in [3.8, 4) is 5.75 Å². The van der Waals surface area contributed by atoms with Crippen molar-refractivity contribution < 1.29 is 13.2 Å². The lowest BCUT2D eigenvalue weighted by molar-refractivity contribution is 0.402. The average molecular weight is 300 g/mol. The highest BCUT2D eigenvalue weighted by Gasteiger charge is 2.15. The van der Waals surface area contributed by atoms with E-state index in [4.69, 9.17) is 4.74 Å². The minimum atomic E-state index is -3.16. The summed E-state index contributed by atoms with van der Waals surface area (Å²) in [6, 6.07) is 6.03. The van der Waals surface area contributed by atoms with Gasteiger partial charge in [-0.3, -0.25) is 0 Å². The largest absolute Gasteiger partial charge is 0.496 e. The number of sulfonamides is 1. The van der Waals surface area contributed by atoms with Crippen LogP contribution in [-0.4, -0.2) is 46.2 Å². The van der Waals surface area contributed by atoms with Gasteiger partial charge in [-0.2, -0.15) is 0 Å². The summed E-state index contributed by atoms with van der Waals surface area (Å²) in [7, 11) is 1.57. The van der Waals surface area contributed by atoms with Gasteiger partial charge >= 0.3 is 0 Å². The zero-order chi connectivity index (χ0) is 15.3. The maximum Gasteiger partial charge on any atom is 0.214 e. The highest BCUT2D eigenvalue weighted by atomic mass is 32.2. The van der Waals surface area contributed by atoms with Crippen molar-refractivity contribution in [2.75, 3.05) is 33.5 Å². The summed E-state index contributed by atoms with van der Waals surface area (Å²) in [6.45, 7) is 4.40. The molecule has 0 aliphatic rings. The lowest BCUT2D eigenvalue weighted by Gasteiger charge is -2.18. The molecular formula is C14H24N2O3S. The number of nitrogens with one attached hydrogen (secondary N) is 1. The van der Waals surface area contributed by atoms with Crippen LogP contribution < -0.4 is 10.1 Å². The quantitative estimate of drug-likeness (QED) is 0.830. The zero-order valence-electron chi connectivity index (χ0n) is 12.8. The molecule has 0 aliphatic carbocycles. The molecule has 5 nitrogen and oxygen atoms in total. The summed E-state index contributed by atoms with van der Waals surface area (Å²) in [5.41, 5.74) is 2.16. The Kier molecular flexibility index (Phi) is 5.98. The molecule has 0 heterocycles. The maximum absolute atomic E-state index is 11.7. The molecule has 6 heteroatoms. The van der Waals surface area contributed by atoms with E-state index in [-0.39, 0.29) is 11.8 Å². The van der Waals surface area contributed by atoms with Crippen molar-refractivity contribution in [1.29, 1.82) is 0 Å². The Morgan fingerprint density at radius 2 is 2.00 bits per heavy atom. The van der Waals surface area contributed by atoms with Gasteiger partial charge in [0.15, 0.2) is 0 Å². The third kappa shape index (κ3) is 4.47. The topological polar surface area (TPSA) is 58.6 Å². The lowest BCUT2D eigenvalue weighted by atomic mass is 10.1. The molecule has 0 saturated carbocycles. The van der Waals surface area contributed by atoms with Gasteiger partial charge in [0.2, 0.25) is 10.0 Å². The zero-order valence-corrected chi connectivity index (χ0v) is 13.6. The van der Waals surface area contributed by atoms with Crippen LogP contribution in [0.4, 0.5) is 0 Å². The molecule has 1 aromatic carbocycles. The standard InChI is InChI=1S/C14H24N2O3S/c1-11-6-7-13(14(10-11)19-5)12(2)15-8-9-20(17,18)16(3)4/h6-7,10,12,15H,8-9H2,1-5H3. The number of benzene rings is 1. The van der Waals surface area contributed by atoms with Crippen LogP contribution in [0.5, 0.6) is 5.75 Å². The Balaban J connectivity index is 2.66. The van der Waals surface area contributed by atoms with Crippen LogP contribution in [-0.2, 0) is 10.0 Å². The predicted molar refractivity (Wildman–Crippen MR) is 81.6 cm³/mol. The van der Waals surface area contributed by atoms with E-state index in [1.54, 1.807) is 21.2 Å². The van der Waals surface area contributed by atoms with Crippen molar-refractivity contribution in [1.82, 2.24) is 9.62 Å². The number of rotatable bonds is 7. The van der Waals surface area contributed by atoms with Gasteiger partial charge in [-0.25, -0.2) is 12.7 Å². The van der Waals surface area contributed by atoms with Gasteiger partial charge in [-0.05, 0) is 25.5 Å². The van der Waals surface area contributed by atoms with Gasteiger partial charge < -0.3 is 10.1 Å². The van der Waals surface area contributed by atoms with Crippen LogP contribution in [0.2, 0.25) is 0 Å². The molecule has 114 valence electrons. The summed E-state index contributed by atoms with van der Waals surface area (Å²) in [5, 5.41) is 3.22. The summed E-state index contributed by atoms with van der Waals surface area (Å²) >= 11 is 0. The Morgan fingerprint density at radius 1 is 1.35 bits per heavy atom. The number of methoxy groups -OCH3 is 1. The van der Waals surface area contributed by atoms with Crippen LogP contribution >= 0.6 is 0 Å². The van der Waals surface area contributed by atoms with Gasteiger partial charge in [0.05, 0.1) is 12.9 Å². The molecule has 0 amide bonds. The third-order valence-electron chi connectivity index (χ3n) is 3.22. The van der Waals surface area contributed by atoms with Crippen molar-refractivity contribution in [2.45, 2.75) is 19.9 Å². The molecule has 1 N–H and O–H groups in total. The van der Waals surface area contributed by atoms with E-state index in [9.17, 15) is 8.42 Å². The molecule has 0 fully saturated rings. The Morgan fingerprint density at radius 3 is 2.55 bits per heavy atom. The normalized spacial score (nSPS) is 13.5. The molecule has 0 spiro atoms. The fourth-order valence-corrected chi connectivity index (χ4v) is 2.61. The first-order valence-corrected chi connectivity index (χ1v) is 8.17. The Bertz CT molecular complexity index is 541. The van der Waals surface area contributed by atoms with Gasteiger partial charge in [0, 0.05) is 32.2 Å². The predicted octanol–water partition coefficient (Wildman–Crippen LogP) is 1.55. The van der Waals surface area contributed by atoms with Gasteiger partial charge in [0.25, 0.3) is 0 Å². The molecule has 0 aromatic heterocycles. The van der Waals surface area contributed by atoms with E-state index in [0.29, 0.717) is 6.54 Å². The van der Waals surface area contributed by atoms with Gasteiger partial charge in [0.1, 0.15) is 5.75 Å². The van der Waals surface area contributed by atoms with Crippen molar-refractivity contribution in [3.63, 3.8) is 0 Å². The third-order valence-corrected chi connectivity index (χ3v) is 5.06. The lowest BCUT2D eigenvalue weighted by Crippen LogP contribution is -2.32. The highest BCUT2D eigenvalue weighted by Crippen LogP contribution is 2.25. The molecule has 20 heavy (non-hydrogen) atoms. The van der Waals surface area contributed by atoms with Crippen LogP contribution in [0, 0.1) is 6.92 Å². The summed E-state index contributed by atoms with van der Waals surface area (Å²) in [6.07, 6.45) is 0. The fourth-order valence-electron chi connectivity index (χ4n) is 1.87. The van der Waals surface area contributed by atoms with Crippen molar-refractivity contribution in [3.05, 3.63) is 29.3 Å². The number of hydrogen-bond donors (Lipinski definition) is 1. The van der Waals surface area contributed by atoms with Crippen molar-refractivity contribution in [2.24, 2.45) is 0 Å². The monoisotopic (exact) mass is 300 g/mol. The van der Waals surface area contributed by atoms with E-state index in [0.717, 1.165) is 16.9 Å². The molecular weight excluding hydrogens is 276 g/mol. The van der Waals surface area contributed by atoms with E-state index < -0.39 is 10.0 Å². The first kappa shape index (κ1) is 16.9. The van der Waals surface area contributed by atoms with Crippen LogP contribution in [0.3, 0.4) is 0 Å². The molecule has 1 aromatic rings. The van der Waals surface area contributed by atoms with Crippen LogP contribution in [0.25, 0.3) is 0 Å². The molecule has 1 rings (SSSR count). The van der Waals surface area contributed by atoms with Crippen LogP contribution in [0.15, 0.2) is 18.2 Å². The first-order chi connectivity index (χ1) is 9.27. The number of hydrogen-bond acceptors (Lipinski definition) is 4. The smallest absolute Gasteiger partial charge is 0.214 e. The van der Waals surface area contributed by atoms with E-state index >= 15 is 0 Å². The maximum atomic E-state index is 11.7. The van der Waals surface area contributed by atoms with E-state index in [1.807, 2.05) is 32.0 Å². The van der Waals surface area contributed by atoms with Gasteiger partial charge in [-0.15, -0.1) is 0 Å². The van der Waals surface area contributed by atoms with E-state index in [2.05, 4.69) is 5.32 Å². The minimum absolute atomic E-state index is 0.0305. The second-order valence-corrected chi connectivity index (χ2v) is 7.32. The Hall–Kier alpha value is -1.11. The van der Waals surface area contributed by atoms with E-state index in [1.165, 1.54) is 4.31 Å². The molecule has 0 aliphatic heterocycles.